The summed E-state index contributed by atoms with van der Waals surface area (Å²) in [5, 5.41) is 4.09. The summed E-state index contributed by atoms with van der Waals surface area (Å²) in [4.78, 5) is 2.71. The van der Waals surface area contributed by atoms with Crippen LogP contribution < -0.4 is 5.32 Å². The van der Waals surface area contributed by atoms with E-state index in [4.69, 9.17) is 11.6 Å². The number of halogens is 1. The molecular formula is C25H41ClN2. The number of allylic oxidation sites excluding steroid dienone is 6. The number of likely N-dealkylation sites (tertiary alicyclic amines) is 1. The normalized spacial score (nSPS) is 32.0. The van der Waals surface area contributed by atoms with Gasteiger partial charge in [-0.15, -0.1) is 11.6 Å². The van der Waals surface area contributed by atoms with E-state index in [9.17, 15) is 0 Å². The van der Waals surface area contributed by atoms with Gasteiger partial charge < -0.3 is 10.2 Å². The van der Waals surface area contributed by atoms with Gasteiger partial charge in [-0.2, -0.15) is 0 Å². The second-order valence-corrected chi connectivity index (χ2v) is 11.0. The van der Waals surface area contributed by atoms with Gasteiger partial charge >= 0.3 is 0 Å². The minimum Gasteiger partial charge on any atom is -0.384 e. The summed E-state index contributed by atoms with van der Waals surface area (Å²) >= 11 is 6.24. The third-order valence-corrected chi connectivity index (χ3v) is 7.41. The summed E-state index contributed by atoms with van der Waals surface area (Å²) in [7, 11) is 0. The van der Waals surface area contributed by atoms with Crippen molar-refractivity contribution in [3.8, 4) is 0 Å². The van der Waals surface area contributed by atoms with Crippen molar-refractivity contribution in [2.45, 2.75) is 78.1 Å². The van der Waals surface area contributed by atoms with Crippen LogP contribution >= 0.6 is 11.6 Å². The van der Waals surface area contributed by atoms with Crippen molar-refractivity contribution in [2.24, 2.45) is 23.2 Å². The Bertz CT molecular complexity index is 616. The summed E-state index contributed by atoms with van der Waals surface area (Å²) in [6.45, 7) is 15.5. The average Bonchev–Trinajstić information content (AvgIpc) is 2.63. The van der Waals surface area contributed by atoms with Gasteiger partial charge in [0.15, 0.2) is 0 Å². The second kappa shape index (κ2) is 9.39. The van der Waals surface area contributed by atoms with Crippen LogP contribution in [0.5, 0.6) is 0 Å². The zero-order valence-electron chi connectivity index (χ0n) is 18.7. The smallest absolute Gasteiger partial charge is 0.0553 e. The zero-order chi connectivity index (χ0) is 20.3. The van der Waals surface area contributed by atoms with E-state index < -0.39 is 0 Å². The molecule has 2 nitrogen and oxygen atoms in total. The van der Waals surface area contributed by atoms with Crippen LogP contribution in [0.4, 0.5) is 0 Å². The topological polar surface area (TPSA) is 15.3 Å². The maximum atomic E-state index is 6.24. The molecule has 1 aliphatic heterocycles. The lowest BCUT2D eigenvalue weighted by atomic mass is 9.69. The number of nitrogens with one attached hydrogen (secondary N) is 1. The fourth-order valence-corrected chi connectivity index (χ4v) is 5.31. The fourth-order valence-electron chi connectivity index (χ4n) is 5.15. The van der Waals surface area contributed by atoms with Gasteiger partial charge in [0.05, 0.1) is 5.38 Å². The van der Waals surface area contributed by atoms with Crippen molar-refractivity contribution in [1.82, 2.24) is 10.2 Å². The third kappa shape index (κ3) is 5.66. The highest BCUT2D eigenvalue weighted by molar-refractivity contribution is 6.22. The first-order chi connectivity index (χ1) is 13.2. The van der Waals surface area contributed by atoms with Crippen LogP contribution in [0, 0.1) is 23.2 Å². The number of hydrogen-bond acceptors (Lipinski definition) is 2. The fraction of sp³-hybridized carbons (Fsp3) is 0.760. The number of hydrogen-bond donors (Lipinski definition) is 1. The summed E-state index contributed by atoms with van der Waals surface area (Å²) in [5.74, 6) is 2.14. The zero-order valence-corrected chi connectivity index (χ0v) is 19.4. The highest BCUT2D eigenvalue weighted by Gasteiger charge is 2.38. The molecule has 1 fully saturated rings. The van der Waals surface area contributed by atoms with Gasteiger partial charge in [-0.05, 0) is 67.4 Å². The Labute approximate surface area is 178 Å². The van der Waals surface area contributed by atoms with E-state index in [2.05, 4.69) is 69.1 Å². The molecule has 4 atom stereocenters. The van der Waals surface area contributed by atoms with E-state index in [1.807, 2.05) is 0 Å². The molecule has 0 aromatic rings. The van der Waals surface area contributed by atoms with E-state index in [0.717, 1.165) is 18.9 Å². The van der Waals surface area contributed by atoms with Crippen LogP contribution in [0.2, 0.25) is 0 Å². The Morgan fingerprint density at radius 1 is 1.21 bits per heavy atom. The van der Waals surface area contributed by atoms with Crippen molar-refractivity contribution in [3.63, 3.8) is 0 Å². The molecule has 0 bridgehead atoms. The number of piperidine rings is 1. The van der Waals surface area contributed by atoms with Crippen LogP contribution in [-0.4, -0.2) is 36.0 Å². The molecule has 2 unspecified atom stereocenters. The first-order valence-corrected chi connectivity index (χ1v) is 11.9. The first-order valence-electron chi connectivity index (χ1n) is 11.4. The molecule has 0 spiro atoms. The van der Waals surface area contributed by atoms with Crippen molar-refractivity contribution >= 4 is 11.6 Å². The molecule has 0 radical (unpaired) electrons. The molecule has 2 aliphatic carbocycles. The van der Waals surface area contributed by atoms with Gasteiger partial charge in [0, 0.05) is 24.8 Å². The number of rotatable bonds is 6. The molecule has 1 saturated heterocycles. The van der Waals surface area contributed by atoms with Crippen molar-refractivity contribution in [3.05, 3.63) is 35.6 Å². The lowest BCUT2D eigenvalue weighted by molar-refractivity contribution is 0.0641. The SMILES string of the molecule is CC1CC=C(N[C@@H](CN2CC[C@H](C3=CCC(Cl)C=C3)C(C)(C)C2)C(C)C)CC1. The molecule has 0 aromatic heterocycles. The van der Waals surface area contributed by atoms with Crippen LogP contribution in [0.15, 0.2) is 35.6 Å². The van der Waals surface area contributed by atoms with Gasteiger partial charge in [-0.3, -0.25) is 0 Å². The van der Waals surface area contributed by atoms with Gasteiger partial charge in [-0.25, -0.2) is 0 Å². The summed E-state index contributed by atoms with van der Waals surface area (Å²) in [6, 6.07) is 0.540. The molecule has 28 heavy (non-hydrogen) atoms. The predicted octanol–water partition coefficient (Wildman–Crippen LogP) is 6.15. The van der Waals surface area contributed by atoms with Crippen molar-refractivity contribution < 1.29 is 0 Å². The molecule has 3 heteroatoms. The molecule has 1 N–H and O–H groups in total. The molecule has 1 heterocycles. The number of alkyl halides is 1. The summed E-state index contributed by atoms with van der Waals surface area (Å²) < 4.78 is 0. The van der Waals surface area contributed by atoms with Crippen molar-refractivity contribution in [1.29, 1.82) is 0 Å². The standard InChI is InChI=1S/C25H41ClN2/c1-18(2)24(27-22-12-6-19(3)7-13-22)16-28-15-14-23(25(4,5)17-28)20-8-10-21(26)11-9-20/h8-10,12,18-19,21,23-24,27H,6-7,11,13-17H2,1-5H3/t19?,21?,23-,24+/m1/s1. The van der Waals surface area contributed by atoms with E-state index >= 15 is 0 Å². The van der Waals surface area contributed by atoms with Gasteiger partial charge in [0.2, 0.25) is 0 Å². The maximum absolute atomic E-state index is 6.24. The summed E-state index contributed by atoms with van der Waals surface area (Å²) in [5.41, 5.74) is 3.30. The highest BCUT2D eigenvalue weighted by atomic mass is 35.5. The molecular weight excluding hydrogens is 364 g/mol. The molecule has 3 rings (SSSR count). The van der Waals surface area contributed by atoms with Gasteiger partial charge in [0.1, 0.15) is 0 Å². The molecule has 0 saturated carbocycles. The Kier molecular flexibility index (Phi) is 7.37. The number of nitrogens with zero attached hydrogens (tertiary/aromatic N) is 1. The second-order valence-electron chi connectivity index (χ2n) is 10.5. The largest absolute Gasteiger partial charge is 0.384 e. The molecule has 3 aliphatic rings. The lowest BCUT2D eigenvalue weighted by Crippen LogP contribution is -2.51. The quantitative estimate of drug-likeness (QED) is 0.534. The van der Waals surface area contributed by atoms with Gasteiger partial charge in [-0.1, -0.05) is 58.9 Å². The molecule has 158 valence electrons. The van der Waals surface area contributed by atoms with E-state index in [0.29, 0.717) is 23.3 Å². The average molecular weight is 405 g/mol. The Morgan fingerprint density at radius 3 is 2.57 bits per heavy atom. The monoisotopic (exact) mass is 404 g/mol. The lowest BCUT2D eigenvalue weighted by Gasteiger charge is -2.46. The molecule has 0 aromatic carbocycles. The Morgan fingerprint density at radius 2 is 2.00 bits per heavy atom. The van der Waals surface area contributed by atoms with Crippen LogP contribution in [0.1, 0.15) is 66.7 Å². The summed E-state index contributed by atoms with van der Waals surface area (Å²) in [6.07, 6.45) is 15.3. The van der Waals surface area contributed by atoms with Crippen LogP contribution in [0.3, 0.4) is 0 Å². The highest BCUT2D eigenvalue weighted by Crippen LogP contribution is 2.41. The minimum atomic E-state index is 0.182. The van der Waals surface area contributed by atoms with Crippen molar-refractivity contribution in [2.75, 3.05) is 19.6 Å². The third-order valence-electron chi connectivity index (χ3n) is 7.09. The van der Waals surface area contributed by atoms with E-state index in [-0.39, 0.29) is 5.38 Å². The van der Waals surface area contributed by atoms with Crippen LogP contribution in [-0.2, 0) is 0 Å². The van der Waals surface area contributed by atoms with Crippen LogP contribution in [0.25, 0.3) is 0 Å². The predicted molar refractivity (Wildman–Crippen MR) is 123 cm³/mol. The maximum Gasteiger partial charge on any atom is 0.0553 e. The first kappa shape index (κ1) is 22.0. The minimum absolute atomic E-state index is 0.182. The molecule has 0 amide bonds. The Balaban J connectivity index is 1.59. The van der Waals surface area contributed by atoms with E-state index in [1.165, 1.54) is 50.0 Å². The van der Waals surface area contributed by atoms with E-state index in [1.54, 1.807) is 0 Å². The Hall–Kier alpha value is -0.730. The van der Waals surface area contributed by atoms with Gasteiger partial charge in [0.25, 0.3) is 0 Å².